The molecular formula is C15H20N2O3. The van der Waals surface area contributed by atoms with E-state index in [9.17, 15) is 9.59 Å². The molecule has 0 saturated carbocycles. The third-order valence-electron chi connectivity index (χ3n) is 3.18. The van der Waals surface area contributed by atoms with Crippen LogP contribution >= 0.6 is 0 Å². The number of hydrogen-bond donors (Lipinski definition) is 1. The molecule has 2 amide bonds. The number of fused-ring (bicyclic) bond motifs is 1. The maximum Gasteiger partial charge on any atom is 0.410 e. The summed E-state index contributed by atoms with van der Waals surface area (Å²) >= 11 is 0. The van der Waals surface area contributed by atoms with Crippen molar-refractivity contribution in [3.63, 3.8) is 0 Å². The molecule has 0 fully saturated rings. The van der Waals surface area contributed by atoms with Crippen LogP contribution < -0.4 is 5.73 Å². The second-order valence-electron chi connectivity index (χ2n) is 5.96. The quantitative estimate of drug-likeness (QED) is 0.853. The van der Waals surface area contributed by atoms with Crippen molar-refractivity contribution in [2.24, 2.45) is 5.73 Å². The molecule has 20 heavy (non-hydrogen) atoms. The van der Waals surface area contributed by atoms with Gasteiger partial charge >= 0.3 is 6.09 Å². The number of carbonyl (C=O) groups excluding carboxylic acids is 2. The fraction of sp³-hybridized carbons (Fsp3) is 0.467. The molecule has 5 nitrogen and oxygen atoms in total. The summed E-state index contributed by atoms with van der Waals surface area (Å²) in [5, 5.41) is 0. The molecule has 0 spiro atoms. The molecule has 2 rings (SSSR count). The van der Waals surface area contributed by atoms with Gasteiger partial charge in [0.2, 0.25) is 5.91 Å². The molecule has 1 aromatic carbocycles. The first-order chi connectivity index (χ1) is 9.28. The Hall–Kier alpha value is -2.04. The monoisotopic (exact) mass is 276 g/mol. The molecule has 0 radical (unpaired) electrons. The number of rotatable bonds is 1. The van der Waals surface area contributed by atoms with Crippen molar-refractivity contribution in [3.05, 3.63) is 34.9 Å². The van der Waals surface area contributed by atoms with Gasteiger partial charge in [-0.2, -0.15) is 0 Å². The fourth-order valence-electron chi connectivity index (χ4n) is 2.32. The summed E-state index contributed by atoms with van der Waals surface area (Å²) < 4.78 is 5.37. The number of nitrogens with two attached hydrogens (primary N) is 1. The van der Waals surface area contributed by atoms with Crippen LogP contribution in [0.1, 0.15) is 42.3 Å². The van der Waals surface area contributed by atoms with E-state index in [1.165, 1.54) is 0 Å². The van der Waals surface area contributed by atoms with E-state index in [4.69, 9.17) is 10.5 Å². The number of amides is 2. The molecule has 0 saturated heterocycles. The lowest BCUT2D eigenvalue weighted by Gasteiger charge is -2.31. The molecule has 1 aromatic rings. The minimum Gasteiger partial charge on any atom is -0.444 e. The molecule has 0 atom stereocenters. The third-order valence-corrected chi connectivity index (χ3v) is 3.18. The Bertz CT molecular complexity index is 547. The van der Waals surface area contributed by atoms with Gasteiger partial charge in [-0.25, -0.2) is 4.79 Å². The van der Waals surface area contributed by atoms with E-state index in [2.05, 4.69) is 0 Å². The Morgan fingerprint density at radius 3 is 2.60 bits per heavy atom. The Balaban J connectivity index is 2.18. The Kier molecular flexibility index (Phi) is 3.70. The predicted octanol–water partition coefficient (Wildman–Crippen LogP) is 2.08. The predicted molar refractivity (Wildman–Crippen MR) is 75.3 cm³/mol. The van der Waals surface area contributed by atoms with E-state index in [1.807, 2.05) is 26.8 Å². The lowest BCUT2D eigenvalue weighted by atomic mass is 9.94. The summed E-state index contributed by atoms with van der Waals surface area (Å²) in [7, 11) is 0. The van der Waals surface area contributed by atoms with Crippen LogP contribution in [0.2, 0.25) is 0 Å². The fourth-order valence-corrected chi connectivity index (χ4v) is 2.32. The minimum atomic E-state index is -0.508. The lowest BCUT2D eigenvalue weighted by molar-refractivity contribution is 0.0224. The van der Waals surface area contributed by atoms with Crippen LogP contribution in [0.15, 0.2) is 18.2 Å². The highest BCUT2D eigenvalue weighted by Gasteiger charge is 2.27. The first-order valence-electron chi connectivity index (χ1n) is 6.66. The highest BCUT2D eigenvalue weighted by molar-refractivity contribution is 5.94. The van der Waals surface area contributed by atoms with Crippen LogP contribution in [0.25, 0.3) is 0 Å². The SMILES string of the molecule is CC(C)(C)OC(=O)N1CCc2c(cccc2C(N)=O)C1. The minimum absolute atomic E-state index is 0.326. The molecule has 2 N–H and O–H groups in total. The zero-order valence-electron chi connectivity index (χ0n) is 12.1. The maximum absolute atomic E-state index is 12.1. The van der Waals surface area contributed by atoms with Crippen LogP contribution in [0, 0.1) is 0 Å². The zero-order chi connectivity index (χ0) is 14.9. The highest BCUT2D eigenvalue weighted by atomic mass is 16.6. The summed E-state index contributed by atoms with van der Waals surface area (Å²) in [6.07, 6.45) is 0.292. The summed E-state index contributed by atoms with van der Waals surface area (Å²) in [5.41, 5.74) is 7.31. The molecule has 1 heterocycles. The third kappa shape index (κ3) is 3.10. The normalized spacial score (nSPS) is 14.7. The molecule has 0 aromatic heterocycles. The highest BCUT2D eigenvalue weighted by Crippen LogP contribution is 2.23. The van der Waals surface area contributed by atoms with Crippen molar-refractivity contribution in [2.75, 3.05) is 6.54 Å². The Morgan fingerprint density at radius 1 is 1.30 bits per heavy atom. The van der Waals surface area contributed by atoms with Crippen LogP contribution in [-0.2, 0) is 17.7 Å². The Labute approximate surface area is 118 Å². The van der Waals surface area contributed by atoms with Crippen LogP contribution in [0.5, 0.6) is 0 Å². The second-order valence-corrected chi connectivity index (χ2v) is 5.96. The van der Waals surface area contributed by atoms with Gasteiger partial charge in [0.25, 0.3) is 0 Å². The molecule has 1 aliphatic heterocycles. The van der Waals surface area contributed by atoms with Gasteiger partial charge in [0.15, 0.2) is 0 Å². The van der Waals surface area contributed by atoms with E-state index in [0.29, 0.717) is 25.1 Å². The molecule has 5 heteroatoms. The van der Waals surface area contributed by atoms with E-state index in [-0.39, 0.29) is 6.09 Å². The summed E-state index contributed by atoms with van der Waals surface area (Å²) in [6, 6.07) is 5.43. The van der Waals surface area contributed by atoms with Crippen molar-refractivity contribution in [2.45, 2.75) is 39.3 Å². The van der Waals surface area contributed by atoms with Crippen molar-refractivity contribution in [3.8, 4) is 0 Å². The van der Waals surface area contributed by atoms with E-state index in [1.54, 1.807) is 17.0 Å². The average Bonchev–Trinajstić information content (AvgIpc) is 2.35. The van der Waals surface area contributed by atoms with E-state index >= 15 is 0 Å². The van der Waals surface area contributed by atoms with E-state index in [0.717, 1.165) is 11.1 Å². The van der Waals surface area contributed by atoms with Crippen molar-refractivity contribution >= 4 is 12.0 Å². The van der Waals surface area contributed by atoms with Crippen LogP contribution in [0.4, 0.5) is 4.79 Å². The summed E-state index contributed by atoms with van der Waals surface area (Å²) in [4.78, 5) is 25.1. The molecule has 0 unspecified atom stereocenters. The van der Waals surface area contributed by atoms with Gasteiger partial charge in [0.05, 0.1) is 0 Å². The Morgan fingerprint density at radius 2 is 2.00 bits per heavy atom. The number of primary amides is 1. The molecule has 0 bridgehead atoms. The van der Waals surface area contributed by atoms with Crippen LogP contribution in [0.3, 0.4) is 0 Å². The maximum atomic E-state index is 12.1. The van der Waals surface area contributed by atoms with Gasteiger partial charge in [-0.05, 0) is 44.4 Å². The van der Waals surface area contributed by atoms with Gasteiger partial charge in [-0.3, -0.25) is 4.79 Å². The van der Waals surface area contributed by atoms with Gasteiger partial charge in [0, 0.05) is 18.7 Å². The molecular weight excluding hydrogens is 256 g/mol. The van der Waals surface area contributed by atoms with Crippen LogP contribution in [-0.4, -0.2) is 29.0 Å². The van der Waals surface area contributed by atoms with Gasteiger partial charge in [-0.15, -0.1) is 0 Å². The van der Waals surface area contributed by atoms with Crippen molar-refractivity contribution < 1.29 is 14.3 Å². The number of hydrogen-bond acceptors (Lipinski definition) is 3. The first-order valence-corrected chi connectivity index (χ1v) is 6.66. The largest absolute Gasteiger partial charge is 0.444 e. The number of ether oxygens (including phenoxy) is 1. The second kappa shape index (κ2) is 5.15. The number of carbonyl (C=O) groups is 2. The van der Waals surface area contributed by atoms with Gasteiger partial charge < -0.3 is 15.4 Å². The molecule has 1 aliphatic rings. The van der Waals surface area contributed by atoms with Gasteiger partial charge in [0.1, 0.15) is 5.60 Å². The summed E-state index contributed by atoms with van der Waals surface area (Å²) in [6.45, 7) is 6.51. The molecule has 0 aliphatic carbocycles. The zero-order valence-corrected chi connectivity index (χ0v) is 12.1. The summed E-state index contributed by atoms with van der Waals surface area (Å²) in [5.74, 6) is -0.424. The first kappa shape index (κ1) is 14.4. The smallest absolute Gasteiger partial charge is 0.410 e. The van der Waals surface area contributed by atoms with Crippen molar-refractivity contribution in [1.82, 2.24) is 4.90 Å². The average molecular weight is 276 g/mol. The number of nitrogens with zero attached hydrogens (tertiary/aromatic N) is 1. The number of benzene rings is 1. The van der Waals surface area contributed by atoms with Gasteiger partial charge in [-0.1, -0.05) is 12.1 Å². The molecule has 108 valence electrons. The lowest BCUT2D eigenvalue weighted by Crippen LogP contribution is -2.40. The standard InChI is InChI=1S/C15H20N2O3/c1-15(2,3)20-14(19)17-8-7-11-10(9-17)5-4-6-12(11)13(16)18/h4-6H,7-9H2,1-3H3,(H2,16,18). The van der Waals surface area contributed by atoms with E-state index < -0.39 is 11.5 Å². The topological polar surface area (TPSA) is 72.6 Å². The van der Waals surface area contributed by atoms with Crippen molar-refractivity contribution in [1.29, 1.82) is 0 Å².